The van der Waals surface area contributed by atoms with Crippen LogP contribution in [0.15, 0.2) is 17.7 Å². The Balaban J connectivity index is 2.58. The monoisotopic (exact) mass is 111 g/mol. The molecule has 1 heterocycles. The van der Waals surface area contributed by atoms with Gasteiger partial charge in [-0.3, -0.25) is 0 Å². The maximum atomic E-state index is 3.13. The van der Waals surface area contributed by atoms with E-state index in [0.717, 1.165) is 5.75 Å². The maximum absolute atomic E-state index is 3.13. The van der Waals surface area contributed by atoms with E-state index in [0.29, 0.717) is 0 Å². The molecule has 0 N–H and O–H groups in total. The van der Waals surface area contributed by atoms with Crippen molar-refractivity contribution in [3.8, 4) is 0 Å². The Bertz CT molecular complexity index is 111. The Morgan fingerprint density at radius 2 is 2.71 bits per heavy atom. The summed E-state index contributed by atoms with van der Waals surface area (Å²) < 4.78 is 0. The molecule has 1 aliphatic heterocycles. The van der Waals surface area contributed by atoms with Crippen molar-refractivity contribution in [1.82, 2.24) is 0 Å². The van der Waals surface area contributed by atoms with Gasteiger partial charge >= 0.3 is 0 Å². The molecular weight excluding hydrogens is 104 g/mol. The van der Waals surface area contributed by atoms with Crippen LogP contribution in [0.4, 0.5) is 0 Å². The number of allylic oxidation sites excluding steroid dienone is 2. The second kappa shape index (κ2) is 2.22. The summed E-state index contributed by atoms with van der Waals surface area (Å²) in [7, 11) is 0. The summed E-state index contributed by atoms with van der Waals surface area (Å²) >= 11 is 1.73. The third-order valence-corrected chi connectivity index (χ3v) is 1.61. The first-order valence-electron chi connectivity index (χ1n) is 2.27. The van der Waals surface area contributed by atoms with E-state index in [4.69, 9.17) is 0 Å². The minimum Gasteiger partial charge on any atom is -0.121 e. The Morgan fingerprint density at radius 1 is 1.86 bits per heavy atom. The van der Waals surface area contributed by atoms with Gasteiger partial charge in [0.2, 0.25) is 0 Å². The van der Waals surface area contributed by atoms with Crippen LogP contribution >= 0.6 is 11.8 Å². The van der Waals surface area contributed by atoms with Crippen molar-refractivity contribution in [3.05, 3.63) is 23.1 Å². The van der Waals surface area contributed by atoms with Crippen LogP contribution in [0, 0.1) is 5.41 Å². The number of rotatable bonds is 0. The normalized spacial score (nSPS) is 19.3. The van der Waals surface area contributed by atoms with Gasteiger partial charge in [-0.25, -0.2) is 0 Å². The first-order chi connectivity index (χ1) is 3.39. The summed E-state index contributed by atoms with van der Waals surface area (Å²) in [6.07, 6.45) is 4.24. The first kappa shape index (κ1) is 4.98. The van der Waals surface area contributed by atoms with E-state index in [1.54, 1.807) is 11.8 Å². The molecule has 0 aliphatic carbocycles. The lowest BCUT2D eigenvalue weighted by Gasteiger charge is -1.95. The summed E-state index contributed by atoms with van der Waals surface area (Å²) in [5, 5.41) is 3.13. The standard InChI is InChI=1S/C6H7S/c1-6-3-2-4-7-5-6/h2-3H,4H2,1H3. The predicted molar refractivity (Wildman–Crippen MR) is 34.0 cm³/mol. The molecule has 1 heteroatoms. The molecule has 0 saturated heterocycles. The smallest absolute Gasteiger partial charge is 0.0243 e. The molecule has 0 nitrogen and oxygen atoms in total. The third-order valence-electron chi connectivity index (χ3n) is 0.781. The molecule has 1 rings (SSSR count). The van der Waals surface area contributed by atoms with Gasteiger partial charge < -0.3 is 0 Å². The third kappa shape index (κ3) is 1.39. The molecule has 0 fully saturated rings. The van der Waals surface area contributed by atoms with Crippen LogP contribution in [0.3, 0.4) is 0 Å². The summed E-state index contributed by atoms with van der Waals surface area (Å²) in [5.41, 5.74) is 1.25. The van der Waals surface area contributed by atoms with Crippen molar-refractivity contribution in [2.75, 3.05) is 5.75 Å². The fourth-order valence-electron chi connectivity index (χ4n) is 0.463. The van der Waals surface area contributed by atoms with Crippen LogP contribution in [0.2, 0.25) is 0 Å². The van der Waals surface area contributed by atoms with Crippen LogP contribution in [-0.4, -0.2) is 5.75 Å². The van der Waals surface area contributed by atoms with Crippen LogP contribution in [-0.2, 0) is 0 Å². The lowest BCUT2D eigenvalue weighted by atomic mass is 10.3. The molecule has 0 saturated carbocycles. The molecule has 0 bridgehead atoms. The van der Waals surface area contributed by atoms with Gasteiger partial charge in [0.25, 0.3) is 0 Å². The highest BCUT2D eigenvalue weighted by Gasteiger charge is 1.87. The van der Waals surface area contributed by atoms with Gasteiger partial charge in [-0.05, 0) is 12.5 Å². The molecule has 0 unspecified atom stereocenters. The molecule has 0 aromatic heterocycles. The van der Waals surface area contributed by atoms with Gasteiger partial charge in [-0.1, -0.05) is 12.2 Å². The zero-order valence-electron chi connectivity index (χ0n) is 4.27. The highest BCUT2D eigenvalue weighted by molar-refractivity contribution is 8.01. The summed E-state index contributed by atoms with van der Waals surface area (Å²) in [5.74, 6) is 1.09. The van der Waals surface area contributed by atoms with E-state index in [1.807, 2.05) is 0 Å². The van der Waals surface area contributed by atoms with Crippen molar-refractivity contribution < 1.29 is 0 Å². The van der Waals surface area contributed by atoms with Gasteiger partial charge in [0.05, 0.1) is 0 Å². The molecule has 1 aliphatic rings. The van der Waals surface area contributed by atoms with Gasteiger partial charge in [-0.2, -0.15) is 0 Å². The zero-order valence-corrected chi connectivity index (χ0v) is 5.09. The van der Waals surface area contributed by atoms with Gasteiger partial charge in [-0.15, -0.1) is 11.8 Å². The number of hydrogen-bond donors (Lipinski definition) is 0. The highest BCUT2D eigenvalue weighted by Crippen LogP contribution is 2.11. The second-order valence-corrected chi connectivity index (χ2v) is 2.32. The first-order valence-corrected chi connectivity index (χ1v) is 3.26. The van der Waals surface area contributed by atoms with Crippen LogP contribution in [0.1, 0.15) is 6.92 Å². The average Bonchev–Trinajstić information content (AvgIpc) is 1.69. The Kier molecular flexibility index (Phi) is 1.58. The van der Waals surface area contributed by atoms with Crippen LogP contribution < -0.4 is 0 Å². The van der Waals surface area contributed by atoms with Crippen molar-refractivity contribution in [1.29, 1.82) is 0 Å². The van der Waals surface area contributed by atoms with Gasteiger partial charge in [0.1, 0.15) is 0 Å². The molecular formula is C6H7S. The average molecular weight is 111 g/mol. The van der Waals surface area contributed by atoms with E-state index in [-0.39, 0.29) is 0 Å². The predicted octanol–water partition coefficient (Wildman–Crippen LogP) is 2.00. The maximum Gasteiger partial charge on any atom is 0.0243 e. The summed E-state index contributed by atoms with van der Waals surface area (Å²) in [4.78, 5) is 0. The second-order valence-electron chi connectivity index (χ2n) is 1.50. The minimum atomic E-state index is 1.09. The lowest BCUT2D eigenvalue weighted by Crippen LogP contribution is -1.76. The van der Waals surface area contributed by atoms with Crippen molar-refractivity contribution in [3.63, 3.8) is 0 Å². The number of hydrogen-bond acceptors (Lipinski definition) is 1. The Morgan fingerprint density at radius 3 is 3.00 bits per heavy atom. The fraction of sp³-hybridized carbons (Fsp3) is 0.333. The molecule has 0 atom stereocenters. The van der Waals surface area contributed by atoms with E-state index in [1.165, 1.54) is 5.57 Å². The van der Waals surface area contributed by atoms with Gasteiger partial charge in [0.15, 0.2) is 0 Å². The molecule has 0 aromatic rings. The molecule has 37 valence electrons. The van der Waals surface area contributed by atoms with E-state index < -0.39 is 0 Å². The highest BCUT2D eigenvalue weighted by atomic mass is 32.2. The largest absolute Gasteiger partial charge is 0.121 e. The van der Waals surface area contributed by atoms with Crippen molar-refractivity contribution in [2.24, 2.45) is 0 Å². The van der Waals surface area contributed by atoms with E-state index in [2.05, 4.69) is 24.5 Å². The minimum absolute atomic E-state index is 1.09. The van der Waals surface area contributed by atoms with Crippen LogP contribution in [0.5, 0.6) is 0 Å². The van der Waals surface area contributed by atoms with Crippen molar-refractivity contribution >= 4 is 11.8 Å². The SMILES string of the molecule is CC1=[C]SCC=C1. The molecule has 7 heavy (non-hydrogen) atoms. The van der Waals surface area contributed by atoms with E-state index in [9.17, 15) is 0 Å². The van der Waals surface area contributed by atoms with Gasteiger partial charge in [0, 0.05) is 11.2 Å². The Labute approximate surface area is 48.3 Å². The number of thioether (sulfide) groups is 1. The summed E-state index contributed by atoms with van der Waals surface area (Å²) in [6, 6.07) is 0. The molecule has 1 radical (unpaired) electrons. The zero-order chi connectivity index (χ0) is 5.11. The lowest BCUT2D eigenvalue weighted by molar-refractivity contribution is 1.50. The topological polar surface area (TPSA) is 0 Å². The van der Waals surface area contributed by atoms with E-state index >= 15 is 0 Å². The quantitative estimate of drug-likeness (QED) is 0.460. The molecule has 0 spiro atoms. The Hall–Kier alpha value is -0.170. The molecule has 0 amide bonds. The molecule has 0 aromatic carbocycles. The van der Waals surface area contributed by atoms with Crippen LogP contribution in [0.25, 0.3) is 0 Å². The summed E-state index contributed by atoms with van der Waals surface area (Å²) in [6.45, 7) is 2.06. The fourth-order valence-corrected chi connectivity index (χ4v) is 1.03. The van der Waals surface area contributed by atoms with Crippen molar-refractivity contribution in [2.45, 2.75) is 6.92 Å².